The molecule has 1 N–H and O–H groups in total. The highest BCUT2D eigenvalue weighted by Crippen LogP contribution is 2.27. The molecule has 1 heterocycles. The number of hydrogen-bond acceptors (Lipinski definition) is 3. The quantitative estimate of drug-likeness (QED) is 0.932. The van der Waals surface area contributed by atoms with Crippen molar-refractivity contribution in [3.05, 3.63) is 57.3 Å². The summed E-state index contributed by atoms with van der Waals surface area (Å²) in [7, 11) is 0. The van der Waals surface area contributed by atoms with Crippen molar-refractivity contribution in [1.29, 1.82) is 5.26 Å². The van der Waals surface area contributed by atoms with Gasteiger partial charge in [0.2, 0.25) is 5.91 Å². The molecule has 1 amide bonds. The number of carbonyl (C=O) groups is 1. The lowest BCUT2D eigenvalue weighted by Crippen LogP contribution is -2.31. The van der Waals surface area contributed by atoms with Gasteiger partial charge in [-0.3, -0.25) is 4.79 Å². The van der Waals surface area contributed by atoms with Gasteiger partial charge in [0.25, 0.3) is 0 Å². The molecule has 0 aliphatic rings. The summed E-state index contributed by atoms with van der Waals surface area (Å²) >= 11 is 1.72. The zero-order chi connectivity index (χ0) is 15.4. The number of amides is 1. The number of nitrogens with zero attached hydrogens (tertiary/aromatic N) is 1. The smallest absolute Gasteiger partial charge is 0.242 e. The number of rotatable bonds is 4. The fraction of sp³-hybridized carbons (Fsp3) is 0.294. The first kappa shape index (κ1) is 15.3. The van der Waals surface area contributed by atoms with Crippen molar-refractivity contribution in [2.24, 2.45) is 0 Å². The number of benzene rings is 1. The van der Waals surface area contributed by atoms with Crippen molar-refractivity contribution in [3.63, 3.8) is 0 Å². The average molecular weight is 298 g/mol. The summed E-state index contributed by atoms with van der Waals surface area (Å²) in [5.74, 6) is -1.02. The Hall–Kier alpha value is -2.12. The lowest BCUT2D eigenvalue weighted by Gasteiger charge is -2.16. The van der Waals surface area contributed by atoms with E-state index in [2.05, 4.69) is 31.3 Å². The van der Waals surface area contributed by atoms with E-state index < -0.39 is 5.92 Å². The maximum absolute atomic E-state index is 12.3. The fourth-order valence-corrected chi connectivity index (χ4v) is 3.41. The molecule has 0 fully saturated rings. The van der Waals surface area contributed by atoms with Crippen LogP contribution in [0.15, 0.2) is 36.4 Å². The molecule has 0 aliphatic heterocycles. The summed E-state index contributed by atoms with van der Waals surface area (Å²) in [6.45, 7) is 6.05. The van der Waals surface area contributed by atoms with Crippen LogP contribution in [0.3, 0.4) is 0 Å². The van der Waals surface area contributed by atoms with Crippen LogP contribution < -0.4 is 5.32 Å². The minimum absolute atomic E-state index is 0.0954. The standard InChI is InChI=1S/C17H18N2OS/c1-11-9-15(13(3)21-11)12(2)19-17(20)16(10-18)14-7-5-4-6-8-14/h4-9,12,16H,1-3H3,(H,19,20). The van der Waals surface area contributed by atoms with Gasteiger partial charge in [0.05, 0.1) is 12.1 Å². The summed E-state index contributed by atoms with van der Waals surface area (Å²) in [4.78, 5) is 14.8. The third-order valence-corrected chi connectivity index (χ3v) is 4.41. The van der Waals surface area contributed by atoms with Crippen molar-refractivity contribution >= 4 is 17.2 Å². The monoisotopic (exact) mass is 298 g/mol. The predicted octanol–water partition coefficient (Wildman–Crippen LogP) is 3.85. The van der Waals surface area contributed by atoms with Crippen molar-refractivity contribution < 1.29 is 4.79 Å². The van der Waals surface area contributed by atoms with E-state index >= 15 is 0 Å². The minimum Gasteiger partial charge on any atom is -0.348 e. The number of carbonyl (C=O) groups excluding carboxylic acids is 1. The van der Waals surface area contributed by atoms with Crippen LogP contribution in [-0.2, 0) is 4.79 Å². The Labute approximate surface area is 129 Å². The number of nitrogens with one attached hydrogen (secondary N) is 1. The van der Waals surface area contributed by atoms with Crippen LogP contribution in [0.25, 0.3) is 0 Å². The Morgan fingerprint density at radius 1 is 1.29 bits per heavy atom. The van der Waals surface area contributed by atoms with Gasteiger partial charge in [-0.15, -0.1) is 11.3 Å². The van der Waals surface area contributed by atoms with Crippen LogP contribution in [-0.4, -0.2) is 5.91 Å². The van der Waals surface area contributed by atoms with Crippen LogP contribution in [0.5, 0.6) is 0 Å². The Morgan fingerprint density at radius 3 is 2.48 bits per heavy atom. The maximum atomic E-state index is 12.3. The second-order valence-electron chi connectivity index (χ2n) is 5.07. The fourth-order valence-electron chi connectivity index (χ4n) is 2.38. The molecule has 1 aromatic carbocycles. The van der Waals surface area contributed by atoms with Crippen LogP contribution in [0.1, 0.15) is 39.8 Å². The van der Waals surface area contributed by atoms with Gasteiger partial charge < -0.3 is 5.32 Å². The first-order valence-electron chi connectivity index (χ1n) is 6.84. The van der Waals surface area contributed by atoms with Crippen LogP contribution >= 0.6 is 11.3 Å². The number of aryl methyl sites for hydroxylation is 2. The van der Waals surface area contributed by atoms with E-state index in [0.717, 1.165) is 11.1 Å². The van der Waals surface area contributed by atoms with E-state index in [-0.39, 0.29) is 11.9 Å². The molecule has 0 saturated carbocycles. The molecule has 1 aromatic heterocycles. The third-order valence-electron chi connectivity index (χ3n) is 3.43. The molecule has 0 radical (unpaired) electrons. The van der Waals surface area contributed by atoms with Gasteiger partial charge in [0.15, 0.2) is 0 Å². The summed E-state index contributed by atoms with van der Waals surface area (Å²) in [5.41, 5.74) is 1.85. The van der Waals surface area contributed by atoms with Crippen molar-refractivity contribution in [2.75, 3.05) is 0 Å². The second kappa shape index (κ2) is 6.55. The molecule has 4 heteroatoms. The van der Waals surface area contributed by atoms with Gasteiger partial charge in [-0.1, -0.05) is 30.3 Å². The number of hydrogen-bond donors (Lipinski definition) is 1. The largest absolute Gasteiger partial charge is 0.348 e. The van der Waals surface area contributed by atoms with Gasteiger partial charge in [-0.25, -0.2) is 0 Å². The molecule has 108 valence electrons. The molecule has 3 nitrogen and oxygen atoms in total. The maximum Gasteiger partial charge on any atom is 0.242 e. The van der Waals surface area contributed by atoms with E-state index in [1.165, 1.54) is 9.75 Å². The first-order chi connectivity index (χ1) is 10.0. The van der Waals surface area contributed by atoms with E-state index in [1.807, 2.05) is 25.1 Å². The van der Waals surface area contributed by atoms with Crippen LogP contribution in [0, 0.1) is 25.2 Å². The van der Waals surface area contributed by atoms with E-state index in [4.69, 9.17) is 0 Å². The molecule has 0 bridgehead atoms. The van der Waals surface area contributed by atoms with Crippen LogP contribution in [0.4, 0.5) is 0 Å². The molecule has 2 unspecified atom stereocenters. The van der Waals surface area contributed by atoms with Crippen molar-refractivity contribution in [1.82, 2.24) is 5.32 Å². The first-order valence-corrected chi connectivity index (χ1v) is 7.66. The zero-order valence-electron chi connectivity index (χ0n) is 12.4. The van der Waals surface area contributed by atoms with Gasteiger partial charge in [0, 0.05) is 9.75 Å². The summed E-state index contributed by atoms with van der Waals surface area (Å²) in [6.07, 6.45) is 0. The predicted molar refractivity (Wildman–Crippen MR) is 85.1 cm³/mol. The summed E-state index contributed by atoms with van der Waals surface area (Å²) in [5, 5.41) is 12.2. The highest BCUT2D eigenvalue weighted by atomic mass is 32.1. The van der Waals surface area contributed by atoms with Gasteiger partial charge in [0.1, 0.15) is 5.92 Å². The number of nitriles is 1. The van der Waals surface area contributed by atoms with Crippen LogP contribution in [0.2, 0.25) is 0 Å². The summed E-state index contributed by atoms with van der Waals surface area (Å²) < 4.78 is 0. The van der Waals surface area contributed by atoms with Gasteiger partial charge >= 0.3 is 0 Å². The second-order valence-corrected chi connectivity index (χ2v) is 6.53. The molecule has 0 spiro atoms. The SMILES string of the molecule is Cc1cc(C(C)NC(=O)C(C#N)c2ccccc2)c(C)s1. The Balaban J connectivity index is 2.13. The lowest BCUT2D eigenvalue weighted by atomic mass is 9.99. The minimum atomic E-state index is -0.770. The lowest BCUT2D eigenvalue weighted by molar-refractivity contribution is -0.122. The van der Waals surface area contributed by atoms with E-state index in [9.17, 15) is 10.1 Å². The topological polar surface area (TPSA) is 52.9 Å². The summed E-state index contributed by atoms with van der Waals surface area (Å²) in [6, 6.07) is 13.2. The number of thiophene rings is 1. The van der Waals surface area contributed by atoms with Gasteiger partial charge in [-0.2, -0.15) is 5.26 Å². The molecule has 2 aromatic rings. The average Bonchev–Trinajstić information content (AvgIpc) is 2.80. The van der Waals surface area contributed by atoms with Crippen molar-refractivity contribution in [2.45, 2.75) is 32.7 Å². The Bertz CT molecular complexity index is 670. The molecule has 21 heavy (non-hydrogen) atoms. The third kappa shape index (κ3) is 3.50. The Morgan fingerprint density at radius 2 is 1.95 bits per heavy atom. The zero-order valence-corrected chi connectivity index (χ0v) is 13.2. The normalized spacial score (nSPS) is 13.2. The van der Waals surface area contributed by atoms with Crippen molar-refractivity contribution in [3.8, 4) is 6.07 Å². The van der Waals surface area contributed by atoms with E-state index in [1.54, 1.807) is 23.5 Å². The highest BCUT2D eigenvalue weighted by molar-refractivity contribution is 7.12. The molecular formula is C17H18N2OS. The van der Waals surface area contributed by atoms with E-state index in [0.29, 0.717) is 0 Å². The molecule has 2 atom stereocenters. The van der Waals surface area contributed by atoms with Gasteiger partial charge in [-0.05, 0) is 38.0 Å². The molecule has 2 rings (SSSR count). The molecule has 0 saturated heterocycles. The Kier molecular flexibility index (Phi) is 4.77. The highest BCUT2D eigenvalue weighted by Gasteiger charge is 2.22. The molecule has 0 aliphatic carbocycles. The molecular weight excluding hydrogens is 280 g/mol.